The number of amides is 2. The molecule has 0 fully saturated rings. The highest BCUT2D eigenvalue weighted by Crippen LogP contribution is 2.38. The van der Waals surface area contributed by atoms with Gasteiger partial charge < -0.3 is 19.5 Å². The molecule has 0 saturated heterocycles. The van der Waals surface area contributed by atoms with Crippen LogP contribution in [0.5, 0.6) is 17.2 Å². The molecule has 4 rings (SSSR count). The molecule has 9 heteroatoms. The third kappa shape index (κ3) is 6.72. The standard InChI is InChI=1S/C30H32BrN3O5/c1-4-15-37-22-10-7-20(8-11-22)29(35)33-34-28(32-26-14-9-21(31)18-25(26)30(34)36)24-13-12-23(38-16-5-2)19-27(24)39-17-6-3/h4,7-14,18-19,28,32H,1,5-6,15-17H2,2-3H3,(H,33,35)/t28-/m1/s1. The van der Waals surface area contributed by atoms with Gasteiger partial charge in [0.1, 0.15) is 23.9 Å². The molecule has 0 aliphatic carbocycles. The van der Waals surface area contributed by atoms with E-state index in [0.29, 0.717) is 59.4 Å². The summed E-state index contributed by atoms with van der Waals surface area (Å²) in [5.41, 5.74) is 4.94. The summed E-state index contributed by atoms with van der Waals surface area (Å²) in [5.74, 6) is 1.05. The number of halogens is 1. The summed E-state index contributed by atoms with van der Waals surface area (Å²) >= 11 is 3.44. The normalized spacial score (nSPS) is 14.2. The lowest BCUT2D eigenvalue weighted by Gasteiger charge is -2.38. The molecular weight excluding hydrogens is 562 g/mol. The van der Waals surface area contributed by atoms with Crippen LogP contribution in [-0.4, -0.2) is 36.6 Å². The molecule has 1 atom stereocenters. The maximum absolute atomic E-state index is 13.8. The summed E-state index contributed by atoms with van der Waals surface area (Å²) in [6.07, 6.45) is 2.59. The van der Waals surface area contributed by atoms with Crippen LogP contribution < -0.4 is 25.0 Å². The minimum absolute atomic E-state index is 0.359. The molecule has 204 valence electrons. The molecule has 2 N–H and O–H groups in total. The van der Waals surface area contributed by atoms with Crippen LogP contribution in [0.4, 0.5) is 5.69 Å². The van der Waals surface area contributed by atoms with Crippen molar-refractivity contribution in [1.29, 1.82) is 0 Å². The first-order chi connectivity index (χ1) is 18.9. The van der Waals surface area contributed by atoms with E-state index in [-0.39, 0.29) is 5.91 Å². The first kappa shape index (κ1) is 28.0. The Balaban J connectivity index is 1.69. The zero-order valence-electron chi connectivity index (χ0n) is 22.0. The predicted octanol–water partition coefficient (Wildman–Crippen LogP) is 6.50. The van der Waals surface area contributed by atoms with E-state index in [1.165, 1.54) is 5.01 Å². The maximum Gasteiger partial charge on any atom is 0.276 e. The lowest BCUT2D eigenvalue weighted by atomic mass is 10.0. The molecule has 0 saturated carbocycles. The Labute approximate surface area is 237 Å². The van der Waals surface area contributed by atoms with Crippen molar-refractivity contribution in [1.82, 2.24) is 10.4 Å². The molecule has 1 heterocycles. The van der Waals surface area contributed by atoms with Gasteiger partial charge in [0.15, 0.2) is 6.17 Å². The number of hydrogen-bond donors (Lipinski definition) is 2. The molecule has 0 aromatic heterocycles. The van der Waals surface area contributed by atoms with E-state index in [2.05, 4.69) is 33.3 Å². The second-order valence-electron chi connectivity index (χ2n) is 8.87. The van der Waals surface area contributed by atoms with E-state index < -0.39 is 12.1 Å². The van der Waals surface area contributed by atoms with E-state index in [0.717, 1.165) is 17.3 Å². The fourth-order valence-corrected chi connectivity index (χ4v) is 4.39. The molecule has 2 amide bonds. The second-order valence-corrected chi connectivity index (χ2v) is 9.79. The quantitative estimate of drug-likeness (QED) is 0.233. The number of nitrogens with zero attached hydrogens (tertiary/aromatic N) is 1. The lowest BCUT2D eigenvalue weighted by molar-refractivity contribution is 0.0487. The molecule has 0 bridgehead atoms. The van der Waals surface area contributed by atoms with Crippen LogP contribution in [-0.2, 0) is 0 Å². The molecule has 8 nitrogen and oxygen atoms in total. The highest BCUT2D eigenvalue weighted by atomic mass is 79.9. The molecule has 1 aliphatic heterocycles. The topological polar surface area (TPSA) is 89.1 Å². The van der Waals surface area contributed by atoms with Crippen molar-refractivity contribution in [3.63, 3.8) is 0 Å². The molecule has 3 aromatic rings. The highest BCUT2D eigenvalue weighted by Gasteiger charge is 2.36. The van der Waals surface area contributed by atoms with E-state index in [1.807, 2.05) is 44.2 Å². The molecular formula is C30H32BrN3O5. The Hall–Kier alpha value is -3.98. The van der Waals surface area contributed by atoms with Crippen molar-refractivity contribution in [3.8, 4) is 17.2 Å². The van der Waals surface area contributed by atoms with Crippen molar-refractivity contribution in [2.75, 3.05) is 25.1 Å². The minimum Gasteiger partial charge on any atom is -0.493 e. The number of anilines is 1. The zero-order chi connectivity index (χ0) is 27.8. The highest BCUT2D eigenvalue weighted by molar-refractivity contribution is 9.10. The average Bonchev–Trinajstić information content (AvgIpc) is 2.95. The Bertz CT molecular complexity index is 1330. The Morgan fingerprint density at radius 2 is 1.72 bits per heavy atom. The van der Waals surface area contributed by atoms with Gasteiger partial charge in [-0.3, -0.25) is 15.0 Å². The summed E-state index contributed by atoms with van der Waals surface area (Å²) in [6.45, 7) is 9.13. The smallest absolute Gasteiger partial charge is 0.276 e. The SMILES string of the molecule is C=CCOc1ccc(C(=O)NN2C(=O)c3cc(Br)ccc3N[C@H]2c2ccc(OCCC)cc2OCCC)cc1. The summed E-state index contributed by atoms with van der Waals surface area (Å²) in [5, 5.41) is 4.71. The van der Waals surface area contributed by atoms with Crippen LogP contribution >= 0.6 is 15.9 Å². The van der Waals surface area contributed by atoms with E-state index in [9.17, 15) is 9.59 Å². The second kappa shape index (κ2) is 13.2. The van der Waals surface area contributed by atoms with E-state index >= 15 is 0 Å². The van der Waals surface area contributed by atoms with Crippen LogP contribution in [0.25, 0.3) is 0 Å². The summed E-state index contributed by atoms with van der Waals surface area (Å²) in [4.78, 5) is 27.1. The van der Waals surface area contributed by atoms with Gasteiger partial charge in [-0.1, -0.05) is 42.4 Å². The van der Waals surface area contributed by atoms with Crippen molar-refractivity contribution < 1.29 is 23.8 Å². The number of benzene rings is 3. The number of fused-ring (bicyclic) bond motifs is 1. The van der Waals surface area contributed by atoms with Gasteiger partial charge in [0.25, 0.3) is 11.8 Å². The van der Waals surface area contributed by atoms with Gasteiger partial charge in [-0.2, -0.15) is 0 Å². The average molecular weight is 595 g/mol. The van der Waals surface area contributed by atoms with Crippen LogP contribution in [0.2, 0.25) is 0 Å². The molecule has 3 aromatic carbocycles. The lowest BCUT2D eigenvalue weighted by Crippen LogP contribution is -2.53. The Morgan fingerprint density at radius 3 is 2.44 bits per heavy atom. The third-order valence-electron chi connectivity index (χ3n) is 5.90. The van der Waals surface area contributed by atoms with Crippen molar-refractivity contribution in [2.24, 2.45) is 0 Å². The fourth-order valence-electron chi connectivity index (χ4n) is 4.03. The Kier molecular flexibility index (Phi) is 9.49. The van der Waals surface area contributed by atoms with Gasteiger partial charge in [-0.15, -0.1) is 0 Å². The number of hydrogen-bond acceptors (Lipinski definition) is 6. The number of ether oxygens (including phenoxy) is 3. The van der Waals surface area contributed by atoms with Crippen LogP contribution in [0.1, 0.15) is 59.1 Å². The van der Waals surface area contributed by atoms with Gasteiger partial charge in [0.2, 0.25) is 0 Å². The fraction of sp³-hybridized carbons (Fsp3) is 0.267. The minimum atomic E-state index is -0.739. The monoisotopic (exact) mass is 593 g/mol. The predicted molar refractivity (Wildman–Crippen MR) is 154 cm³/mol. The maximum atomic E-state index is 13.8. The number of carbonyl (C=O) groups excluding carboxylic acids is 2. The molecule has 0 spiro atoms. The van der Waals surface area contributed by atoms with Gasteiger partial charge >= 0.3 is 0 Å². The number of rotatable bonds is 12. The zero-order valence-corrected chi connectivity index (χ0v) is 23.6. The molecule has 0 radical (unpaired) electrons. The van der Waals surface area contributed by atoms with Crippen LogP contribution in [0.15, 0.2) is 77.8 Å². The summed E-state index contributed by atoms with van der Waals surface area (Å²) in [6, 6.07) is 17.6. The van der Waals surface area contributed by atoms with Gasteiger partial charge in [-0.25, -0.2) is 5.01 Å². The van der Waals surface area contributed by atoms with Crippen LogP contribution in [0, 0.1) is 0 Å². The first-order valence-corrected chi connectivity index (χ1v) is 13.7. The third-order valence-corrected chi connectivity index (χ3v) is 6.40. The summed E-state index contributed by atoms with van der Waals surface area (Å²) < 4.78 is 18.2. The number of hydrazine groups is 1. The van der Waals surface area contributed by atoms with E-state index in [4.69, 9.17) is 14.2 Å². The number of carbonyl (C=O) groups is 2. The van der Waals surface area contributed by atoms with Gasteiger partial charge in [0, 0.05) is 27.4 Å². The van der Waals surface area contributed by atoms with Crippen LogP contribution in [0.3, 0.4) is 0 Å². The number of nitrogens with one attached hydrogen (secondary N) is 2. The first-order valence-electron chi connectivity index (χ1n) is 12.9. The van der Waals surface area contributed by atoms with Gasteiger partial charge in [-0.05, 0) is 67.4 Å². The van der Waals surface area contributed by atoms with Crippen molar-refractivity contribution >= 4 is 33.4 Å². The molecule has 0 unspecified atom stereocenters. The van der Waals surface area contributed by atoms with Gasteiger partial charge in [0.05, 0.1) is 18.8 Å². The van der Waals surface area contributed by atoms with E-state index in [1.54, 1.807) is 36.4 Å². The Morgan fingerprint density at radius 1 is 1.00 bits per heavy atom. The van der Waals surface area contributed by atoms with Crippen molar-refractivity contribution in [3.05, 3.63) is 94.5 Å². The largest absolute Gasteiger partial charge is 0.493 e. The van der Waals surface area contributed by atoms with Crippen molar-refractivity contribution in [2.45, 2.75) is 32.9 Å². The summed E-state index contributed by atoms with van der Waals surface area (Å²) in [7, 11) is 0. The molecule has 39 heavy (non-hydrogen) atoms. The molecule has 1 aliphatic rings.